The number of benzene rings is 1. The third-order valence-electron chi connectivity index (χ3n) is 2.18. The zero-order chi connectivity index (χ0) is 12.8. The summed E-state index contributed by atoms with van der Waals surface area (Å²) in [6.07, 6.45) is 1.47. The fourth-order valence-corrected chi connectivity index (χ4v) is 1.40. The van der Waals surface area contributed by atoms with Crippen molar-refractivity contribution in [3.05, 3.63) is 54.2 Å². The van der Waals surface area contributed by atoms with E-state index < -0.39 is 7.32 Å². The van der Waals surface area contributed by atoms with Crippen LogP contribution in [0.2, 0.25) is 0 Å². The maximum Gasteiger partial charge on any atom is 0.707 e. The molecule has 0 bridgehead atoms. The molecule has 0 spiro atoms. The standard InChI is InChI=1S/C12H12BNO4/c15-13(16)18-11-6-7-14-12(8-11)17-9-10-4-2-1-3-5-10/h1-8,15-16H,9H2. The maximum atomic E-state index is 8.68. The quantitative estimate of drug-likeness (QED) is 0.769. The molecule has 2 aromatic rings. The van der Waals surface area contributed by atoms with E-state index in [2.05, 4.69) is 4.98 Å². The van der Waals surface area contributed by atoms with Gasteiger partial charge in [0.15, 0.2) is 0 Å². The van der Waals surface area contributed by atoms with Crippen LogP contribution >= 0.6 is 0 Å². The molecule has 18 heavy (non-hydrogen) atoms. The van der Waals surface area contributed by atoms with Crippen molar-refractivity contribution < 1.29 is 19.4 Å². The lowest BCUT2D eigenvalue weighted by molar-refractivity contribution is 0.279. The second-order valence-electron chi connectivity index (χ2n) is 3.55. The van der Waals surface area contributed by atoms with E-state index in [9.17, 15) is 0 Å². The second kappa shape index (κ2) is 6.04. The Labute approximate surface area is 105 Å². The van der Waals surface area contributed by atoms with Crippen molar-refractivity contribution in [3.63, 3.8) is 0 Å². The molecule has 0 unspecified atom stereocenters. The van der Waals surface area contributed by atoms with Gasteiger partial charge in [0, 0.05) is 12.3 Å². The molecule has 0 aliphatic heterocycles. The van der Waals surface area contributed by atoms with E-state index in [-0.39, 0.29) is 5.75 Å². The van der Waals surface area contributed by atoms with E-state index in [0.717, 1.165) is 5.56 Å². The van der Waals surface area contributed by atoms with Crippen molar-refractivity contribution in [1.82, 2.24) is 4.98 Å². The average molecular weight is 245 g/mol. The molecule has 0 aliphatic rings. The van der Waals surface area contributed by atoms with E-state index >= 15 is 0 Å². The van der Waals surface area contributed by atoms with Gasteiger partial charge in [-0.25, -0.2) is 4.98 Å². The summed E-state index contributed by atoms with van der Waals surface area (Å²) < 4.78 is 10.2. The van der Waals surface area contributed by atoms with Gasteiger partial charge < -0.3 is 19.4 Å². The molecule has 0 aliphatic carbocycles. The molecule has 0 radical (unpaired) electrons. The van der Waals surface area contributed by atoms with Crippen LogP contribution in [-0.2, 0) is 6.61 Å². The third kappa shape index (κ3) is 3.76. The molecule has 0 saturated carbocycles. The molecule has 1 aromatic heterocycles. The zero-order valence-electron chi connectivity index (χ0n) is 9.56. The van der Waals surface area contributed by atoms with Crippen molar-refractivity contribution in [3.8, 4) is 11.6 Å². The van der Waals surface area contributed by atoms with Crippen molar-refractivity contribution in [2.24, 2.45) is 0 Å². The number of aromatic nitrogens is 1. The predicted molar refractivity (Wildman–Crippen MR) is 65.8 cm³/mol. The van der Waals surface area contributed by atoms with E-state index in [1.807, 2.05) is 30.3 Å². The Morgan fingerprint density at radius 2 is 1.89 bits per heavy atom. The Morgan fingerprint density at radius 1 is 1.11 bits per heavy atom. The first-order chi connectivity index (χ1) is 8.74. The molecule has 0 atom stereocenters. The molecular formula is C12H12BNO4. The number of hydrogen-bond acceptors (Lipinski definition) is 5. The van der Waals surface area contributed by atoms with Crippen LogP contribution in [-0.4, -0.2) is 22.4 Å². The summed E-state index contributed by atoms with van der Waals surface area (Å²) >= 11 is 0. The van der Waals surface area contributed by atoms with Crippen LogP contribution in [0, 0.1) is 0 Å². The fourth-order valence-electron chi connectivity index (χ4n) is 1.40. The lowest BCUT2D eigenvalue weighted by Gasteiger charge is -2.08. The highest BCUT2D eigenvalue weighted by atomic mass is 16.6. The summed E-state index contributed by atoms with van der Waals surface area (Å²) in [5.74, 6) is 0.639. The molecule has 1 heterocycles. The van der Waals surface area contributed by atoms with Gasteiger partial charge in [-0.05, 0) is 11.6 Å². The molecule has 5 nitrogen and oxygen atoms in total. The number of hydrogen-bond donors (Lipinski definition) is 2. The second-order valence-corrected chi connectivity index (χ2v) is 3.55. The Kier molecular flexibility index (Phi) is 4.17. The molecule has 2 N–H and O–H groups in total. The Hall–Kier alpha value is -2.05. The summed E-state index contributed by atoms with van der Waals surface area (Å²) in [6.45, 7) is 0.388. The SMILES string of the molecule is OB(O)Oc1ccnc(OCc2ccccc2)c1. The zero-order valence-corrected chi connectivity index (χ0v) is 9.56. The monoisotopic (exact) mass is 245 g/mol. The Morgan fingerprint density at radius 3 is 2.61 bits per heavy atom. The lowest BCUT2D eigenvalue weighted by atomic mass is 10.2. The average Bonchev–Trinajstić information content (AvgIpc) is 2.37. The van der Waals surface area contributed by atoms with Crippen LogP contribution in [0.4, 0.5) is 0 Å². The maximum absolute atomic E-state index is 8.68. The first-order valence-corrected chi connectivity index (χ1v) is 5.39. The summed E-state index contributed by atoms with van der Waals surface area (Å²) in [7, 11) is -1.85. The topological polar surface area (TPSA) is 71.8 Å². The minimum Gasteiger partial charge on any atom is -0.512 e. The van der Waals surface area contributed by atoms with Gasteiger partial charge in [-0.3, -0.25) is 0 Å². The van der Waals surface area contributed by atoms with Crippen LogP contribution < -0.4 is 9.39 Å². The van der Waals surface area contributed by atoms with Crippen molar-refractivity contribution >= 4 is 7.32 Å². The molecule has 1 aromatic carbocycles. The smallest absolute Gasteiger partial charge is 0.512 e. The molecule has 2 rings (SSSR count). The van der Waals surface area contributed by atoms with E-state index in [1.54, 1.807) is 0 Å². The summed E-state index contributed by atoms with van der Waals surface area (Å²) in [4.78, 5) is 4.00. The first kappa shape index (κ1) is 12.4. The Bertz CT molecular complexity index is 492. The molecule has 6 heteroatoms. The van der Waals surface area contributed by atoms with Crippen LogP contribution in [0.1, 0.15) is 5.56 Å². The highest BCUT2D eigenvalue weighted by molar-refractivity contribution is 6.33. The van der Waals surface area contributed by atoms with Gasteiger partial charge >= 0.3 is 7.32 Å². The van der Waals surface area contributed by atoms with Gasteiger partial charge in [0.05, 0.1) is 0 Å². The largest absolute Gasteiger partial charge is 0.707 e. The van der Waals surface area contributed by atoms with Crippen molar-refractivity contribution in [2.45, 2.75) is 6.61 Å². The van der Waals surface area contributed by atoms with E-state index in [0.29, 0.717) is 12.5 Å². The van der Waals surface area contributed by atoms with Crippen molar-refractivity contribution in [2.75, 3.05) is 0 Å². The van der Waals surface area contributed by atoms with Gasteiger partial charge in [-0.1, -0.05) is 30.3 Å². The van der Waals surface area contributed by atoms with Gasteiger partial charge in [-0.15, -0.1) is 0 Å². The van der Waals surface area contributed by atoms with E-state index in [4.69, 9.17) is 19.4 Å². The van der Waals surface area contributed by atoms with E-state index in [1.165, 1.54) is 18.3 Å². The third-order valence-corrected chi connectivity index (χ3v) is 2.18. The molecular weight excluding hydrogens is 233 g/mol. The number of pyridine rings is 1. The summed E-state index contributed by atoms with van der Waals surface area (Å²) in [5, 5.41) is 17.4. The van der Waals surface area contributed by atoms with Crippen LogP contribution in [0.25, 0.3) is 0 Å². The fraction of sp³-hybridized carbons (Fsp3) is 0.0833. The van der Waals surface area contributed by atoms with Gasteiger partial charge in [0.1, 0.15) is 12.4 Å². The van der Waals surface area contributed by atoms with Gasteiger partial charge in [0.25, 0.3) is 0 Å². The number of nitrogens with zero attached hydrogens (tertiary/aromatic N) is 1. The summed E-state index contributed by atoms with van der Waals surface area (Å²) in [6, 6.07) is 12.7. The normalized spacial score (nSPS) is 9.89. The van der Waals surface area contributed by atoms with Gasteiger partial charge in [0.2, 0.25) is 5.88 Å². The summed E-state index contributed by atoms with van der Waals surface area (Å²) in [5.41, 5.74) is 1.02. The predicted octanol–water partition coefficient (Wildman–Crippen LogP) is 1.01. The van der Waals surface area contributed by atoms with Crippen LogP contribution in [0.3, 0.4) is 0 Å². The minimum absolute atomic E-state index is 0.281. The lowest BCUT2D eigenvalue weighted by Crippen LogP contribution is -2.20. The number of rotatable bonds is 5. The molecule has 0 fully saturated rings. The first-order valence-electron chi connectivity index (χ1n) is 5.39. The molecule has 0 amide bonds. The van der Waals surface area contributed by atoms with Crippen molar-refractivity contribution in [1.29, 1.82) is 0 Å². The van der Waals surface area contributed by atoms with Gasteiger partial charge in [-0.2, -0.15) is 0 Å². The number of ether oxygens (including phenoxy) is 1. The van der Waals surface area contributed by atoms with Crippen LogP contribution in [0.5, 0.6) is 11.6 Å². The molecule has 0 saturated heterocycles. The highest BCUT2D eigenvalue weighted by Crippen LogP contribution is 2.17. The Balaban J connectivity index is 1.97. The highest BCUT2D eigenvalue weighted by Gasteiger charge is 2.11. The molecule has 92 valence electrons. The van der Waals surface area contributed by atoms with Crippen LogP contribution in [0.15, 0.2) is 48.7 Å². The minimum atomic E-state index is -1.85.